The van der Waals surface area contributed by atoms with Gasteiger partial charge in [0.1, 0.15) is 29.6 Å². The van der Waals surface area contributed by atoms with Gasteiger partial charge in [0.05, 0.1) is 12.9 Å². The zero-order chi connectivity index (χ0) is 18.0. The number of ketones is 1. The summed E-state index contributed by atoms with van der Waals surface area (Å²) in [4.78, 5) is 21.6. The van der Waals surface area contributed by atoms with Crippen molar-refractivity contribution in [2.45, 2.75) is 38.4 Å². The average Bonchev–Trinajstić information content (AvgIpc) is 3.01. The second kappa shape index (κ2) is 7.49. The summed E-state index contributed by atoms with van der Waals surface area (Å²) in [5, 5.41) is 28.9. The van der Waals surface area contributed by atoms with E-state index in [0.717, 1.165) is 0 Å². The number of rotatable bonds is 2. The van der Waals surface area contributed by atoms with Crippen molar-refractivity contribution >= 4 is 38.7 Å². The summed E-state index contributed by atoms with van der Waals surface area (Å²) in [5.41, 5.74) is 6.46. The quantitative estimate of drug-likeness (QED) is 0.479. The number of hydrogen-bond acceptors (Lipinski definition) is 9. The molecule has 4 unspecified atom stereocenters. The Morgan fingerprint density at radius 3 is 2.54 bits per heavy atom. The summed E-state index contributed by atoms with van der Waals surface area (Å²) in [7, 11) is 0. The number of aliphatic hydroxyl groups excluding tert-OH is 3. The van der Waals surface area contributed by atoms with Gasteiger partial charge in [-0.2, -0.15) is 0 Å². The lowest BCUT2D eigenvalue weighted by Crippen LogP contribution is -2.33. The molecule has 4 atom stereocenters. The lowest BCUT2D eigenvalue weighted by atomic mass is 10.1. The fraction of sp³-hybridized carbons (Fsp3) is 0.538. The number of fused-ring (bicyclic) bond motifs is 1. The first kappa shape index (κ1) is 18.7. The van der Waals surface area contributed by atoms with Gasteiger partial charge in [0.15, 0.2) is 17.7 Å². The summed E-state index contributed by atoms with van der Waals surface area (Å²) in [6.07, 6.45) is -2.78. The average molecular weight is 404 g/mol. The highest BCUT2D eigenvalue weighted by Gasteiger charge is 2.44. The summed E-state index contributed by atoms with van der Waals surface area (Å²) >= 11 is 3.13. The molecule has 0 amide bonds. The summed E-state index contributed by atoms with van der Waals surface area (Å²) in [5.74, 6) is 0.354. The molecule has 3 heterocycles. The lowest BCUT2D eigenvalue weighted by Gasteiger charge is -2.16. The van der Waals surface area contributed by atoms with Crippen molar-refractivity contribution < 1.29 is 24.9 Å². The maximum Gasteiger partial charge on any atom is 0.200 e. The van der Waals surface area contributed by atoms with Gasteiger partial charge in [0.25, 0.3) is 0 Å². The number of aliphatic hydroxyl groups is 3. The lowest BCUT2D eigenvalue weighted by molar-refractivity contribution is -0.114. The largest absolute Gasteiger partial charge is 0.394 e. The van der Waals surface area contributed by atoms with Crippen LogP contribution < -0.4 is 5.73 Å². The Bertz CT molecular complexity index is 735. The summed E-state index contributed by atoms with van der Waals surface area (Å²) in [6, 6.07) is 0. The monoisotopic (exact) mass is 403 g/mol. The fourth-order valence-corrected chi connectivity index (χ4v) is 2.57. The first-order chi connectivity index (χ1) is 11.3. The van der Waals surface area contributed by atoms with E-state index in [2.05, 4.69) is 30.9 Å². The Morgan fingerprint density at radius 1 is 1.38 bits per heavy atom. The Hall–Kier alpha value is -1.66. The van der Waals surface area contributed by atoms with Crippen molar-refractivity contribution in [3.8, 4) is 0 Å². The normalized spacial score (nSPS) is 26.2. The van der Waals surface area contributed by atoms with E-state index in [1.54, 1.807) is 0 Å². The van der Waals surface area contributed by atoms with Crippen LogP contribution in [0.25, 0.3) is 11.2 Å². The molecular formula is C13H18BrN5O5. The van der Waals surface area contributed by atoms with Gasteiger partial charge in [-0.05, 0) is 29.8 Å². The van der Waals surface area contributed by atoms with Gasteiger partial charge in [-0.15, -0.1) is 0 Å². The molecule has 24 heavy (non-hydrogen) atoms. The first-order valence-electron chi connectivity index (χ1n) is 7.01. The molecule has 3 rings (SSSR count). The molecule has 1 fully saturated rings. The second-order valence-electron chi connectivity index (χ2n) is 5.34. The fourth-order valence-electron chi connectivity index (χ4n) is 2.21. The second-order valence-corrected chi connectivity index (χ2v) is 6.05. The molecule has 0 radical (unpaired) electrons. The van der Waals surface area contributed by atoms with Crippen LogP contribution in [-0.2, 0) is 9.53 Å². The minimum atomic E-state index is -1.21. The molecule has 5 N–H and O–H groups in total. The number of halogens is 1. The molecule has 1 aliphatic rings. The van der Waals surface area contributed by atoms with Crippen LogP contribution >= 0.6 is 15.9 Å². The summed E-state index contributed by atoms with van der Waals surface area (Å²) < 4.78 is 7.14. The SMILES string of the molecule is CC(C)=O.Nc1nc(Br)nc2c1ncn2C1OC(CO)C(O)C1O. The topological polar surface area (TPSA) is 157 Å². The molecule has 11 heteroatoms. The third kappa shape index (κ3) is 3.70. The predicted molar refractivity (Wildman–Crippen MR) is 86.8 cm³/mol. The van der Waals surface area contributed by atoms with Crippen LogP contribution in [-0.4, -0.2) is 65.5 Å². The van der Waals surface area contributed by atoms with E-state index in [1.165, 1.54) is 24.7 Å². The van der Waals surface area contributed by atoms with Gasteiger partial charge in [-0.1, -0.05) is 0 Å². The number of nitrogen functional groups attached to an aromatic ring is 1. The van der Waals surface area contributed by atoms with Crippen molar-refractivity contribution in [3.63, 3.8) is 0 Å². The Kier molecular flexibility index (Phi) is 5.83. The van der Waals surface area contributed by atoms with Crippen LogP contribution in [0.5, 0.6) is 0 Å². The molecular weight excluding hydrogens is 386 g/mol. The Labute approximate surface area is 145 Å². The highest BCUT2D eigenvalue weighted by Crippen LogP contribution is 2.32. The number of aromatic nitrogens is 4. The van der Waals surface area contributed by atoms with Crippen LogP contribution in [0.15, 0.2) is 11.1 Å². The maximum absolute atomic E-state index is 10.0. The minimum absolute atomic E-state index is 0.167. The summed E-state index contributed by atoms with van der Waals surface area (Å²) in [6.45, 7) is 2.65. The van der Waals surface area contributed by atoms with E-state index in [-0.39, 0.29) is 16.3 Å². The predicted octanol–water partition coefficient (Wildman–Crippen LogP) is -0.622. The molecule has 1 saturated heterocycles. The Balaban J connectivity index is 0.000000471. The van der Waals surface area contributed by atoms with Crippen LogP contribution in [0.1, 0.15) is 20.1 Å². The first-order valence-corrected chi connectivity index (χ1v) is 7.80. The number of nitrogens with two attached hydrogens (primary N) is 1. The molecule has 132 valence electrons. The number of Topliss-reactive ketones (excluding diaryl/α,β-unsaturated/α-hetero) is 1. The van der Waals surface area contributed by atoms with Gasteiger partial charge in [-0.3, -0.25) is 4.57 Å². The molecule has 0 bridgehead atoms. The zero-order valence-corrected chi connectivity index (χ0v) is 14.6. The third-order valence-corrected chi connectivity index (χ3v) is 3.57. The van der Waals surface area contributed by atoms with Crippen LogP contribution in [0.3, 0.4) is 0 Å². The van der Waals surface area contributed by atoms with Gasteiger partial charge >= 0.3 is 0 Å². The van der Waals surface area contributed by atoms with E-state index >= 15 is 0 Å². The minimum Gasteiger partial charge on any atom is -0.394 e. The molecule has 10 nitrogen and oxygen atoms in total. The van der Waals surface area contributed by atoms with Crippen LogP contribution in [0.4, 0.5) is 5.82 Å². The van der Waals surface area contributed by atoms with E-state index in [0.29, 0.717) is 11.2 Å². The molecule has 2 aromatic heterocycles. The zero-order valence-electron chi connectivity index (χ0n) is 13.0. The van der Waals surface area contributed by atoms with E-state index in [4.69, 9.17) is 15.6 Å². The number of anilines is 1. The van der Waals surface area contributed by atoms with Crippen molar-refractivity contribution in [1.82, 2.24) is 19.5 Å². The molecule has 2 aromatic rings. The van der Waals surface area contributed by atoms with Gasteiger partial charge in [0, 0.05) is 0 Å². The van der Waals surface area contributed by atoms with E-state index in [9.17, 15) is 15.0 Å². The van der Waals surface area contributed by atoms with Crippen molar-refractivity contribution in [2.75, 3.05) is 12.3 Å². The van der Waals surface area contributed by atoms with E-state index in [1.807, 2.05) is 0 Å². The number of ether oxygens (including phenoxy) is 1. The van der Waals surface area contributed by atoms with E-state index < -0.39 is 31.1 Å². The smallest absolute Gasteiger partial charge is 0.200 e. The van der Waals surface area contributed by atoms with Crippen molar-refractivity contribution in [3.05, 3.63) is 11.1 Å². The number of carbonyl (C=O) groups excluding carboxylic acids is 1. The standard InChI is InChI=1S/C10H12BrN5O4.C3H6O/c11-10-14-7(12)4-8(15-10)16(2-13-4)9-6(19)5(18)3(1-17)20-9;1-3(2)4/h2-3,5-6,9,17-19H,1H2,(H2,12,14,15);1-2H3. The highest BCUT2D eigenvalue weighted by molar-refractivity contribution is 9.10. The van der Waals surface area contributed by atoms with Gasteiger partial charge in [0.2, 0.25) is 4.73 Å². The Morgan fingerprint density at radius 2 is 2.00 bits per heavy atom. The van der Waals surface area contributed by atoms with Gasteiger partial charge < -0.3 is 30.6 Å². The highest BCUT2D eigenvalue weighted by atomic mass is 79.9. The number of imidazole rings is 1. The van der Waals surface area contributed by atoms with Crippen molar-refractivity contribution in [1.29, 1.82) is 0 Å². The molecule has 0 spiro atoms. The van der Waals surface area contributed by atoms with Gasteiger partial charge in [-0.25, -0.2) is 15.0 Å². The molecule has 0 aliphatic carbocycles. The van der Waals surface area contributed by atoms with Crippen LogP contribution in [0.2, 0.25) is 0 Å². The number of nitrogens with zero attached hydrogens (tertiary/aromatic N) is 4. The molecule has 1 aliphatic heterocycles. The number of carbonyl (C=O) groups is 1. The molecule has 0 aromatic carbocycles. The number of hydrogen-bond donors (Lipinski definition) is 4. The third-order valence-electron chi connectivity index (χ3n) is 3.21. The maximum atomic E-state index is 10.0. The molecule has 0 saturated carbocycles. The van der Waals surface area contributed by atoms with Crippen molar-refractivity contribution in [2.24, 2.45) is 0 Å². The van der Waals surface area contributed by atoms with Crippen LogP contribution in [0, 0.1) is 0 Å².